The van der Waals surface area contributed by atoms with Crippen molar-refractivity contribution in [1.82, 2.24) is 0 Å². The van der Waals surface area contributed by atoms with Crippen LogP contribution in [0.5, 0.6) is 0 Å². The summed E-state index contributed by atoms with van der Waals surface area (Å²) < 4.78 is 12.4. The fraction of sp³-hybridized carbons (Fsp3) is 1.00. The molecule has 6 unspecified atom stereocenters. The molecule has 0 amide bonds. The minimum absolute atomic E-state index is 0.690. The van der Waals surface area contributed by atoms with Gasteiger partial charge in [0.05, 0.1) is 0 Å². The maximum Gasteiger partial charge on any atom is 0.344 e. The van der Waals surface area contributed by atoms with Gasteiger partial charge in [0.2, 0.25) is 0 Å². The molecule has 0 aromatic rings. The summed E-state index contributed by atoms with van der Waals surface area (Å²) in [5.74, 6) is 3.18. The zero-order chi connectivity index (χ0) is 14.2. The van der Waals surface area contributed by atoms with Crippen molar-refractivity contribution in [3.05, 3.63) is 0 Å². The van der Waals surface area contributed by atoms with Gasteiger partial charge in [-0.05, 0) is 36.5 Å². The summed E-state index contributed by atoms with van der Waals surface area (Å²) in [6.45, 7) is 9.64. The van der Waals surface area contributed by atoms with Gasteiger partial charge in [-0.25, -0.2) is 0 Å². The molecule has 0 radical (unpaired) electrons. The van der Waals surface area contributed by atoms with Crippen LogP contribution >= 0.6 is 0 Å². The third-order valence-electron chi connectivity index (χ3n) is 6.60. The molecule has 112 valence electrons. The fourth-order valence-corrected chi connectivity index (χ4v) is 10.0. The molecule has 2 saturated carbocycles. The van der Waals surface area contributed by atoms with Crippen molar-refractivity contribution in [2.24, 2.45) is 23.7 Å². The van der Waals surface area contributed by atoms with E-state index in [9.17, 15) is 0 Å². The summed E-state index contributed by atoms with van der Waals surface area (Å²) in [6.07, 6.45) is 5.33. The van der Waals surface area contributed by atoms with Crippen LogP contribution in [0.15, 0.2) is 0 Å². The average molecular weight is 285 g/mol. The zero-order valence-corrected chi connectivity index (χ0v) is 14.6. The number of rotatable bonds is 4. The van der Waals surface area contributed by atoms with Crippen LogP contribution in [0, 0.1) is 23.7 Å². The smallest absolute Gasteiger partial charge is 0.344 e. The van der Waals surface area contributed by atoms with Crippen molar-refractivity contribution in [2.45, 2.75) is 64.5 Å². The molecule has 3 heteroatoms. The molecule has 2 nitrogen and oxygen atoms in total. The lowest BCUT2D eigenvalue weighted by molar-refractivity contribution is 0.194. The van der Waals surface area contributed by atoms with E-state index in [-0.39, 0.29) is 0 Å². The van der Waals surface area contributed by atoms with Gasteiger partial charge in [-0.1, -0.05) is 40.5 Å². The van der Waals surface area contributed by atoms with Gasteiger partial charge in [0, 0.05) is 25.3 Å². The van der Waals surface area contributed by atoms with Crippen LogP contribution in [-0.2, 0) is 8.85 Å². The quantitative estimate of drug-likeness (QED) is 0.703. The van der Waals surface area contributed by atoms with Crippen molar-refractivity contribution in [2.75, 3.05) is 14.2 Å². The number of hydrogen-bond donors (Lipinski definition) is 0. The molecular formula is C16H32O2Si. The van der Waals surface area contributed by atoms with Gasteiger partial charge in [0.15, 0.2) is 0 Å². The molecule has 6 atom stereocenters. The Morgan fingerprint density at radius 3 is 1.26 bits per heavy atom. The Labute approximate surface area is 120 Å². The van der Waals surface area contributed by atoms with E-state index in [1.807, 2.05) is 14.2 Å². The predicted molar refractivity (Wildman–Crippen MR) is 82.4 cm³/mol. The first-order chi connectivity index (χ1) is 8.97. The predicted octanol–water partition coefficient (Wildman–Crippen LogP) is 4.59. The number of hydrogen-bond acceptors (Lipinski definition) is 2. The summed E-state index contributed by atoms with van der Waals surface area (Å²) in [7, 11) is 1.75. The van der Waals surface area contributed by atoms with Crippen LogP contribution in [0.3, 0.4) is 0 Å². The van der Waals surface area contributed by atoms with E-state index >= 15 is 0 Å². The second-order valence-corrected chi connectivity index (χ2v) is 10.9. The van der Waals surface area contributed by atoms with Gasteiger partial charge < -0.3 is 8.85 Å². The summed E-state index contributed by atoms with van der Waals surface area (Å²) in [6, 6.07) is 0. The van der Waals surface area contributed by atoms with Crippen molar-refractivity contribution < 1.29 is 8.85 Å². The topological polar surface area (TPSA) is 18.5 Å². The molecule has 2 aliphatic rings. The molecule has 2 fully saturated rings. The molecule has 0 N–H and O–H groups in total. The monoisotopic (exact) mass is 284 g/mol. The van der Waals surface area contributed by atoms with Gasteiger partial charge in [-0.2, -0.15) is 0 Å². The molecule has 19 heavy (non-hydrogen) atoms. The van der Waals surface area contributed by atoms with E-state index in [1.54, 1.807) is 0 Å². The normalized spacial score (nSPS) is 43.9. The van der Waals surface area contributed by atoms with Crippen molar-refractivity contribution in [1.29, 1.82) is 0 Å². The van der Waals surface area contributed by atoms with Gasteiger partial charge >= 0.3 is 8.56 Å². The van der Waals surface area contributed by atoms with E-state index in [1.165, 1.54) is 25.7 Å². The lowest BCUT2D eigenvalue weighted by Crippen LogP contribution is -2.51. The fourth-order valence-electron chi connectivity index (χ4n) is 4.83. The van der Waals surface area contributed by atoms with E-state index in [0.717, 1.165) is 23.7 Å². The van der Waals surface area contributed by atoms with Crippen molar-refractivity contribution in [3.8, 4) is 0 Å². The third kappa shape index (κ3) is 2.42. The summed E-state index contributed by atoms with van der Waals surface area (Å²) >= 11 is 0. The third-order valence-corrected chi connectivity index (χ3v) is 11.6. The van der Waals surface area contributed by atoms with Gasteiger partial charge in [-0.3, -0.25) is 0 Å². The van der Waals surface area contributed by atoms with Crippen molar-refractivity contribution >= 4 is 8.56 Å². The van der Waals surface area contributed by atoms with Gasteiger partial charge in [-0.15, -0.1) is 0 Å². The second kappa shape index (κ2) is 5.86. The Balaban J connectivity index is 2.27. The first-order valence-corrected chi connectivity index (χ1v) is 10.0. The minimum Gasteiger partial charge on any atom is -0.397 e. The Morgan fingerprint density at radius 1 is 0.684 bits per heavy atom. The van der Waals surface area contributed by atoms with Crippen LogP contribution in [0.2, 0.25) is 11.1 Å². The molecule has 0 spiro atoms. The minimum atomic E-state index is -2.09. The molecule has 2 aliphatic carbocycles. The zero-order valence-electron chi connectivity index (χ0n) is 13.6. The highest BCUT2D eigenvalue weighted by molar-refractivity contribution is 6.70. The Bertz CT molecular complexity index is 277. The second-order valence-electron chi connectivity index (χ2n) is 7.17. The largest absolute Gasteiger partial charge is 0.397 e. The molecule has 0 heterocycles. The molecule has 2 rings (SSSR count). The van der Waals surface area contributed by atoms with Crippen LogP contribution in [-0.4, -0.2) is 22.8 Å². The van der Waals surface area contributed by atoms with Crippen molar-refractivity contribution in [3.63, 3.8) is 0 Å². The maximum atomic E-state index is 6.21. The highest BCUT2D eigenvalue weighted by atomic mass is 28.4. The van der Waals surface area contributed by atoms with E-state index in [0.29, 0.717) is 11.1 Å². The lowest BCUT2D eigenvalue weighted by Gasteiger charge is -2.42. The highest BCUT2D eigenvalue weighted by Gasteiger charge is 2.58. The van der Waals surface area contributed by atoms with Gasteiger partial charge in [0.25, 0.3) is 0 Å². The molecule has 0 bridgehead atoms. The van der Waals surface area contributed by atoms with E-state index in [2.05, 4.69) is 27.7 Å². The van der Waals surface area contributed by atoms with Crippen LogP contribution in [0.4, 0.5) is 0 Å². The molecule has 0 aromatic heterocycles. The molecule has 0 saturated heterocycles. The Kier molecular flexibility index (Phi) is 4.79. The first kappa shape index (κ1) is 15.5. The van der Waals surface area contributed by atoms with E-state index in [4.69, 9.17) is 8.85 Å². The summed E-state index contributed by atoms with van der Waals surface area (Å²) in [5, 5.41) is 0. The van der Waals surface area contributed by atoms with E-state index < -0.39 is 8.56 Å². The standard InChI is InChI=1S/C16H32O2Si/c1-11-7-9-15(13(11)3)19(17-5,18-6)16-10-8-12(2)14(16)4/h11-16H,7-10H2,1-6H3. The first-order valence-electron chi connectivity index (χ1n) is 8.08. The molecule has 0 aromatic carbocycles. The summed E-state index contributed by atoms with van der Waals surface area (Å²) in [5.41, 5.74) is 1.38. The Morgan fingerprint density at radius 2 is 1.05 bits per heavy atom. The maximum absolute atomic E-state index is 6.21. The van der Waals surface area contributed by atoms with Gasteiger partial charge in [0.1, 0.15) is 0 Å². The SMILES string of the molecule is CO[Si](OC)(C1CCC(C)C1C)C1CCC(C)C1C. The average Bonchev–Trinajstić information content (AvgIpc) is 2.91. The lowest BCUT2D eigenvalue weighted by atomic mass is 10.0. The summed E-state index contributed by atoms with van der Waals surface area (Å²) in [4.78, 5) is 0. The highest BCUT2D eigenvalue weighted by Crippen LogP contribution is 2.56. The van der Waals surface area contributed by atoms with Crippen LogP contribution in [0.1, 0.15) is 53.4 Å². The van der Waals surface area contributed by atoms with Crippen LogP contribution < -0.4 is 0 Å². The molecule has 0 aliphatic heterocycles. The van der Waals surface area contributed by atoms with Crippen LogP contribution in [0.25, 0.3) is 0 Å². The Hall–Kier alpha value is 0.137. The molecular weight excluding hydrogens is 252 g/mol.